The summed E-state index contributed by atoms with van der Waals surface area (Å²) in [6, 6.07) is 0. The maximum atomic E-state index is 5.50. The molecule has 1 saturated heterocycles. The molecule has 23 heavy (non-hydrogen) atoms. The van der Waals surface area contributed by atoms with E-state index in [-0.39, 0.29) is 0 Å². The van der Waals surface area contributed by atoms with E-state index in [1.54, 1.807) is 0 Å². The van der Waals surface area contributed by atoms with Gasteiger partial charge in [0.05, 0.1) is 6.61 Å². The first-order valence-corrected chi connectivity index (χ1v) is 10.1. The lowest BCUT2D eigenvalue weighted by atomic mass is 9.59. The Hall–Kier alpha value is -0.120. The first kappa shape index (κ1) is 17.7. The molecule has 1 aliphatic heterocycles. The molecule has 2 bridgehead atoms. The van der Waals surface area contributed by atoms with Crippen molar-refractivity contribution < 1.29 is 4.74 Å². The van der Waals surface area contributed by atoms with Gasteiger partial charge in [-0.3, -0.25) is 4.90 Å². The van der Waals surface area contributed by atoms with Gasteiger partial charge in [-0.2, -0.15) is 0 Å². The predicted molar refractivity (Wildman–Crippen MR) is 96.7 cm³/mol. The van der Waals surface area contributed by atoms with Gasteiger partial charge in [-0.1, -0.05) is 13.8 Å². The fraction of sp³-hybridized carbons (Fsp3) is 1.00. The Kier molecular flexibility index (Phi) is 6.03. The molecule has 0 aromatic heterocycles. The highest BCUT2D eigenvalue weighted by Gasteiger charge is 2.41. The van der Waals surface area contributed by atoms with Gasteiger partial charge in [-0.25, -0.2) is 0 Å². The summed E-state index contributed by atoms with van der Waals surface area (Å²) in [5.74, 6) is 3.03. The molecule has 1 heterocycles. The molecule has 3 heteroatoms. The molecule has 2 aliphatic carbocycles. The highest BCUT2D eigenvalue weighted by molar-refractivity contribution is 4.93. The SMILES string of the molecule is CCOCCN1CCN(CC2(C)CC3CC(C)CC(C3)C2)CC1. The zero-order chi connectivity index (χ0) is 16.3. The van der Waals surface area contributed by atoms with Crippen LogP contribution in [0.4, 0.5) is 0 Å². The Balaban J connectivity index is 1.43. The van der Waals surface area contributed by atoms with Crippen LogP contribution in [-0.4, -0.2) is 62.3 Å². The summed E-state index contributed by atoms with van der Waals surface area (Å²) in [7, 11) is 0. The van der Waals surface area contributed by atoms with E-state index < -0.39 is 0 Å². The van der Waals surface area contributed by atoms with Crippen molar-refractivity contribution in [2.24, 2.45) is 23.2 Å². The van der Waals surface area contributed by atoms with Crippen molar-refractivity contribution in [2.75, 3.05) is 52.5 Å². The van der Waals surface area contributed by atoms with Crippen LogP contribution in [0.2, 0.25) is 0 Å². The van der Waals surface area contributed by atoms with Crippen molar-refractivity contribution in [2.45, 2.75) is 52.9 Å². The average molecular weight is 323 g/mol. The summed E-state index contributed by atoms with van der Waals surface area (Å²) >= 11 is 0. The Morgan fingerprint density at radius 1 is 0.957 bits per heavy atom. The summed E-state index contributed by atoms with van der Waals surface area (Å²) in [5, 5.41) is 0. The van der Waals surface area contributed by atoms with Crippen molar-refractivity contribution in [1.29, 1.82) is 0 Å². The maximum absolute atomic E-state index is 5.50. The molecule has 2 unspecified atom stereocenters. The lowest BCUT2D eigenvalue weighted by Crippen LogP contribution is -2.51. The zero-order valence-electron chi connectivity index (χ0n) is 15.7. The van der Waals surface area contributed by atoms with E-state index in [4.69, 9.17) is 4.74 Å². The second-order valence-electron chi connectivity index (χ2n) is 9.08. The maximum Gasteiger partial charge on any atom is 0.0593 e. The summed E-state index contributed by atoms with van der Waals surface area (Å²) < 4.78 is 5.50. The monoisotopic (exact) mass is 322 g/mol. The van der Waals surface area contributed by atoms with E-state index in [2.05, 4.69) is 30.6 Å². The van der Waals surface area contributed by atoms with E-state index in [0.717, 1.165) is 37.5 Å². The molecule has 3 rings (SSSR count). The third-order valence-corrected chi connectivity index (χ3v) is 6.53. The van der Waals surface area contributed by atoms with Crippen LogP contribution in [0, 0.1) is 23.2 Å². The number of piperazine rings is 1. The van der Waals surface area contributed by atoms with E-state index in [1.807, 2.05) is 0 Å². The summed E-state index contributed by atoms with van der Waals surface area (Å²) in [6.07, 6.45) is 7.50. The molecule has 134 valence electrons. The number of ether oxygens (including phenoxy) is 1. The minimum Gasteiger partial charge on any atom is -0.380 e. The van der Waals surface area contributed by atoms with Crippen LogP contribution in [0.5, 0.6) is 0 Å². The van der Waals surface area contributed by atoms with Crippen LogP contribution in [0.15, 0.2) is 0 Å². The van der Waals surface area contributed by atoms with Gasteiger partial charge in [0, 0.05) is 45.9 Å². The van der Waals surface area contributed by atoms with Crippen molar-refractivity contribution >= 4 is 0 Å². The minimum atomic E-state index is 0.585. The molecule has 2 saturated carbocycles. The topological polar surface area (TPSA) is 15.7 Å². The van der Waals surface area contributed by atoms with Crippen molar-refractivity contribution in [1.82, 2.24) is 9.80 Å². The molecule has 0 amide bonds. The first-order valence-electron chi connectivity index (χ1n) is 10.1. The fourth-order valence-corrected chi connectivity index (χ4v) is 5.89. The third kappa shape index (κ3) is 4.93. The number of rotatable bonds is 6. The molecule has 3 nitrogen and oxygen atoms in total. The normalized spacial score (nSPS) is 39.5. The van der Waals surface area contributed by atoms with Crippen molar-refractivity contribution in [3.05, 3.63) is 0 Å². The van der Waals surface area contributed by atoms with Crippen molar-refractivity contribution in [3.8, 4) is 0 Å². The molecule has 3 fully saturated rings. The van der Waals surface area contributed by atoms with Crippen LogP contribution in [0.25, 0.3) is 0 Å². The van der Waals surface area contributed by atoms with Gasteiger partial charge in [0.15, 0.2) is 0 Å². The molecule has 0 spiro atoms. The van der Waals surface area contributed by atoms with E-state index in [9.17, 15) is 0 Å². The van der Waals surface area contributed by atoms with E-state index in [0.29, 0.717) is 5.41 Å². The molecular weight excluding hydrogens is 284 g/mol. The lowest BCUT2D eigenvalue weighted by molar-refractivity contribution is 0.00530. The standard InChI is InChI=1S/C20H38N2O/c1-4-23-10-9-21-5-7-22(8-6-21)16-20(3)14-18-11-17(2)12-19(13-18)15-20/h17-19H,4-16H2,1-3H3. The lowest BCUT2D eigenvalue weighted by Gasteiger charge is -2.49. The van der Waals surface area contributed by atoms with Gasteiger partial charge in [0.1, 0.15) is 0 Å². The van der Waals surface area contributed by atoms with Gasteiger partial charge in [-0.15, -0.1) is 0 Å². The van der Waals surface area contributed by atoms with Crippen LogP contribution in [-0.2, 0) is 4.74 Å². The molecule has 0 N–H and O–H groups in total. The van der Waals surface area contributed by atoms with Gasteiger partial charge in [-0.05, 0) is 62.2 Å². The summed E-state index contributed by atoms with van der Waals surface area (Å²) in [5.41, 5.74) is 0.585. The largest absolute Gasteiger partial charge is 0.380 e. The molecule has 3 aliphatic rings. The summed E-state index contributed by atoms with van der Waals surface area (Å²) in [6.45, 7) is 16.3. The van der Waals surface area contributed by atoms with Crippen LogP contribution >= 0.6 is 0 Å². The van der Waals surface area contributed by atoms with Gasteiger partial charge >= 0.3 is 0 Å². The van der Waals surface area contributed by atoms with E-state index in [1.165, 1.54) is 64.8 Å². The quantitative estimate of drug-likeness (QED) is 0.696. The Labute approximate surface area is 143 Å². The van der Waals surface area contributed by atoms with Crippen LogP contribution in [0.3, 0.4) is 0 Å². The average Bonchev–Trinajstić information content (AvgIpc) is 2.47. The molecule has 2 atom stereocenters. The van der Waals surface area contributed by atoms with Gasteiger partial charge in [0.25, 0.3) is 0 Å². The number of hydrogen-bond donors (Lipinski definition) is 0. The number of hydrogen-bond acceptors (Lipinski definition) is 3. The Morgan fingerprint density at radius 2 is 1.57 bits per heavy atom. The van der Waals surface area contributed by atoms with Crippen LogP contribution < -0.4 is 0 Å². The number of nitrogens with zero attached hydrogens (tertiary/aromatic N) is 2. The van der Waals surface area contributed by atoms with Gasteiger partial charge in [0.2, 0.25) is 0 Å². The Morgan fingerprint density at radius 3 is 2.17 bits per heavy atom. The molecule has 0 aromatic carbocycles. The van der Waals surface area contributed by atoms with E-state index >= 15 is 0 Å². The summed E-state index contributed by atoms with van der Waals surface area (Å²) in [4.78, 5) is 5.33. The predicted octanol–water partition coefficient (Wildman–Crippen LogP) is 3.49. The fourth-order valence-electron chi connectivity index (χ4n) is 5.89. The second-order valence-corrected chi connectivity index (χ2v) is 9.08. The highest BCUT2D eigenvalue weighted by atomic mass is 16.5. The first-order chi connectivity index (χ1) is 11.1. The molecular formula is C20H38N2O. The molecule has 0 aromatic rings. The zero-order valence-corrected chi connectivity index (χ0v) is 15.7. The Bertz CT molecular complexity index is 347. The second kappa shape index (κ2) is 7.84. The molecule has 0 radical (unpaired) electrons. The van der Waals surface area contributed by atoms with Crippen LogP contribution in [0.1, 0.15) is 52.9 Å². The number of fused-ring (bicyclic) bond motifs is 2. The third-order valence-electron chi connectivity index (χ3n) is 6.53. The van der Waals surface area contributed by atoms with Crippen molar-refractivity contribution in [3.63, 3.8) is 0 Å². The van der Waals surface area contributed by atoms with Gasteiger partial charge < -0.3 is 9.64 Å². The minimum absolute atomic E-state index is 0.585. The smallest absolute Gasteiger partial charge is 0.0593 e. The highest BCUT2D eigenvalue weighted by Crippen LogP contribution is 2.50.